The Labute approximate surface area is 217 Å². The molecule has 1 aliphatic carbocycles. The van der Waals surface area contributed by atoms with E-state index in [4.69, 9.17) is 4.98 Å². The average Bonchev–Trinajstić information content (AvgIpc) is 3.53. The van der Waals surface area contributed by atoms with Crippen molar-refractivity contribution in [3.63, 3.8) is 0 Å². The number of aromatic nitrogens is 5. The minimum Gasteiger partial charge on any atom is -0.324 e. The molecule has 4 aromatic rings. The second-order valence-corrected chi connectivity index (χ2v) is 11.8. The number of benzene rings is 1. The van der Waals surface area contributed by atoms with E-state index in [-0.39, 0.29) is 22.6 Å². The third kappa shape index (κ3) is 3.94. The van der Waals surface area contributed by atoms with Gasteiger partial charge in [0, 0.05) is 47.3 Å². The highest BCUT2D eigenvalue weighted by atomic mass is 16.1. The van der Waals surface area contributed by atoms with Crippen LogP contribution in [0.1, 0.15) is 75.9 Å². The van der Waals surface area contributed by atoms with Gasteiger partial charge in [0.1, 0.15) is 5.39 Å². The molecule has 0 bridgehead atoms. The lowest BCUT2D eigenvalue weighted by Crippen LogP contribution is -2.37. The zero-order chi connectivity index (χ0) is 26.1. The summed E-state index contributed by atoms with van der Waals surface area (Å²) in [6.07, 6.45) is 6.88. The number of pyridine rings is 1. The number of nitrogens with zero attached hydrogens (tertiary/aromatic N) is 5. The van der Waals surface area contributed by atoms with Crippen molar-refractivity contribution < 1.29 is 0 Å². The van der Waals surface area contributed by atoms with Crippen LogP contribution >= 0.6 is 0 Å². The number of aryl methyl sites for hydroxylation is 1. The van der Waals surface area contributed by atoms with E-state index >= 15 is 0 Å². The number of hydrogen-bond donors (Lipinski definition) is 2. The topological polar surface area (TPSA) is 89.7 Å². The molecule has 0 atom stereocenters. The monoisotopic (exact) mass is 497 g/mol. The lowest BCUT2D eigenvalue weighted by molar-refractivity contribution is 0.474. The first-order valence-electron chi connectivity index (χ1n) is 13.2. The zero-order valence-electron chi connectivity index (χ0n) is 22.5. The minimum absolute atomic E-state index is 0.0592. The quantitative estimate of drug-likeness (QED) is 0.411. The first-order chi connectivity index (χ1) is 17.6. The first kappa shape index (κ1) is 23.9. The summed E-state index contributed by atoms with van der Waals surface area (Å²) in [5, 5.41) is 7.65. The Bertz CT molecular complexity index is 1580. The Morgan fingerprint density at radius 1 is 1.14 bits per heavy atom. The zero-order valence-corrected chi connectivity index (χ0v) is 22.5. The predicted molar refractivity (Wildman–Crippen MR) is 147 cm³/mol. The number of anilines is 2. The molecule has 8 heteroatoms. The Hall–Kier alpha value is -3.52. The van der Waals surface area contributed by atoms with Gasteiger partial charge in [0.25, 0.3) is 5.56 Å². The maximum absolute atomic E-state index is 13.4. The molecular formula is C29H35N7O. The highest BCUT2D eigenvalue weighted by Crippen LogP contribution is 2.50. The summed E-state index contributed by atoms with van der Waals surface area (Å²) in [6, 6.07) is 8.33. The predicted octanol–water partition coefficient (Wildman–Crippen LogP) is 5.04. The van der Waals surface area contributed by atoms with Crippen LogP contribution in [0, 0.1) is 6.92 Å². The second-order valence-electron chi connectivity index (χ2n) is 11.8. The Morgan fingerprint density at radius 2 is 1.92 bits per heavy atom. The fourth-order valence-electron chi connectivity index (χ4n) is 5.76. The molecule has 1 saturated carbocycles. The summed E-state index contributed by atoms with van der Waals surface area (Å²) in [4.78, 5) is 27.4. The van der Waals surface area contributed by atoms with Crippen LogP contribution in [0.15, 0.2) is 41.5 Å². The van der Waals surface area contributed by atoms with Crippen LogP contribution in [-0.2, 0) is 17.4 Å². The Kier molecular flexibility index (Phi) is 5.32. The Morgan fingerprint density at radius 3 is 2.62 bits per heavy atom. The molecule has 1 aromatic carbocycles. The van der Waals surface area contributed by atoms with Crippen LogP contribution in [0.5, 0.6) is 0 Å². The van der Waals surface area contributed by atoms with E-state index in [0.29, 0.717) is 17.0 Å². The van der Waals surface area contributed by atoms with Gasteiger partial charge in [-0.2, -0.15) is 4.98 Å². The molecule has 6 rings (SSSR count). The van der Waals surface area contributed by atoms with Gasteiger partial charge in [0.05, 0.1) is 5.69 Å². The number of fused-ring (bicyclic) bond motifs is 3. The van der Waals surface area contributed by atoms with Crippen LogP contribution in [0.4, 0.5) is 11.6 Å². The summed E-state index contributed by atoms with van der Waals surface area (Å²) in [5.74, 6) is 0.474. The van der Waals surface area contributed by atoms with Gasteiger partial charge >= 0.3 is 0 Å². The highest BCUT2D eigenvalue weighted by molar-refractivity contribution is 5.77. The van der Waals surface area contributed by atoms with Crippen LogP contribution in [0.25, 0.3) is 16.7 Å². The van der Waals surface area contributed by atoms with E-state index < -0.39 is 0 Å². The van der Waals surface area contributed by atoms with E-state index in [9.17, 15) is 4.79 Å². The van der Waals surface area contributed by atoms with Crippen molar-refractivity contribution in [3.05, 3.63) is 69.4 Å². The molecule has 0 radical (unpaired) electrons. The van der Waals surface area contributed by atoms with Gasteiger partial charge in [-0.15, -0.1) is 0 Å². The van der Waals surface area contributed by atoms with Crippen molar-refractivity contribution in [3.8, 4) is 5.69 Å². The molecule has 1 fully saturated rings. The van der Waals surface area contributed by atoms with Gasteiger partial charge < -0.3 is 10.6 Å². The van der Waals surface area contributed by atoms with Crippen molar-refractivity contribution in [2.45, 2.75) is 77.8 Å². The normalized spacial score (nSPS) is 16.4. The number of hydrogen-bond acceptors (Lipinski definition) is 6. The van der Waals surface area contributed by atoms with E-state index in [1.165, 1.54) is 29.5 Å². The maximum Gasteiger partial charge on any atom is 0.278 e. The third-order valence-corrected chi connectivity index (χ3v) is 7.63. The van der Waals surface area contributed by atoms with Gasteiger partial charge in [-0.25, -0.2) is 14.3 Å². The summed E-state index contributed by atoms with van der Waals surface area (Å²) >= 11 is 0. The maximum atomic E-state index is 13.4. The molecule has 2 N–H and O–H groups in total. The molecule has 4 heterocycles. The third-order valence-electron chi connectivity index (χ3n) is 7.63. The smallest absolute Gasteiger partial charge is 0.278 e. The molecule has 1 aliphatic heterocycles. The van der Waals surface area contributed by atoms with Crippen molar-refractivity contribution >= 4 is 22.7 Å². The lowest BCUT2D eigenvalue weighted by atomic mass is 9.88. The number of rotatable bonds is 4. The van der Waals surface area contributed by atoms with E-state index in [1.54, 1.807) is 17.1 Å². The molecule has 8 nitrogen and oxygen atoms in total. The lowest BCUT2D eigenvalue weighted by Gasteiger charge is -2.29. The molecule has 37 heavy (non-hydrogen) atoms. The molecule has 1 spiro atoms. The highest BCUT2D eigenvalue weighted by Gasteiger charge is 2.47. The SMILES string of the molecule is Cc1cc(Nc2ncc3c(=O)n(C(C)C)n(-c4ccnc(C(C)(C)C)c4)c3n2)cc2c1C1(CC1)NCC2. The van der Waals surface area contributed by atoms with Crippen LogP contribution in [-0.4, -0.2) is 30.9 Å². The van der Waals surface area contributed by atoms with E-state index in [2.05, 4.69) is 60.4 Å². The van der Waals surface area contributed by atoms with Crippen LogP contribution in [0.2, 0.25) is 0 Å². The van der Waals surface area contributed by atoms with E-state index in [0.717, 1.165) is 30.0 Å². The molecular weight excluding hydrogens is 462 g/mol. The minimum atomic E-state index is -0.123. The molecule has 0 amide bonds. The molecule has 2 aliphatic rings. The fraction of sp³-hybridized carbons (Fsp3) is 0.448. The van der Waals surface area contributed by atoms with Gasteiger partial charge in [0.15, 0.2) is 5.65 Å². The van der Waals surface area contributed by atoms with Gasteiger partial charge in [0.2, 0.25) is 5.95 Å². The van der Waals surface area contributed by atoms with Crippen molar-refractivity contribution in [2.75, 3.05) is 11.9 Å². The first-order valence-corrected chi connectivity index (χ1v) is 13.2. The van der Waals surface area contributed by atoms with Crippen molar-refractivity contribution in [1.29, 1.82) is 0 Å². The Balaban J connectivity index is 1.46. The average molecular weight is 498 g/mol. The van der Waals surface area contributed by atoms with E-state index in [1.807, 2.05) is 30.7 Å². The van der Waals surface area contributed by atoms with Crippen LogP contribution in [0.3, 0.4) is 0 Å². The molecule has 0 saturated heterocycles. The summed E-state index contributed by atoms with van der Waals surface area (Å²) in [5.41, 5.74) is 7.50. The van der Waals surface area contributed by atoms with Crippen molar-refractivity contribution in [2.24, 2.45) is 0 Å². The second kappa shape index (κ2) is 8.25. The summed E-state index contributed by atoms with van der Waals surface area (Å²) < 4.78 is 3.66. The fourth-order valence-corrected chi connectivity index (χ4v) is 5.76. The van der Waals surface area contributed by atoms with Gasteiger partial charge in [-0.05, 0) is 81.0 Å². The number of nitrogens with one attached hydrogen (secondary N) is 2. The summed E-state index contributed by atoms with van der Waals surface area (Å²) in [7, 11) is 0. The standard InChI is InChI=1S/C29H35N7O/c1-17(2)35-26(37)22-16-31-27(34-25(22)36(35)21-8-11-30-23(15-21)28(4,5)6)33-20-13-18(3)24-19(14-20)7-12-32-29(24)9-10-29/h8,11,13-17,32H,7,9-10,12H2,1-6H3,(H,31,33,34). The summed E-state index contributed by atoms with van der Waals surface area (Å²) in [6.45, 7) is 13.6. The van der Waals surface area contributed by atoms with Gasteiger partial charge in [-0.1, -0.05) is 20.8 Å². The molecule has 3 aromatic heterocycles. The van der Waals surface area contributed by atoms with Crippen LogP contribution < -0.4 is 16.2 Å². The molecule has 192 valence electrons. The largest absolute Gasteiger partial charge is 0.324 e. The van der Waals surface area contributed by atoms with Gasteiger partial charge in [-0.3, -0.25) is 9.78 Å². The molecule has 0 unspecified atom stereocenters. The van der Waals surface area contributed by atoms with Crippen molar-refractivity contribution in [1.82, 2.24) is 29.6 Å².